The topological polar surface area (TPSA) is 40.5 Å². The predicted molar refractivity (Wildman–Crippen MR) is 92.7 cm³/mol. The third-order valence-corrected chi connectivity index (χ3v) is 5.05. The Bertz CT molecular complexity index is 594. The fraction of sp³-hybridized carbons (Fsp3) is 0.375. The summed E-state index contributed by atoms with van der Waals surface area (Å²) in [5.41, 5.74) is 0.775. The zero-order valence-electron chi connectivity index (χ0n) is 12.4. The average Bonchev–Trinajstić information content (AvgIpc) is 2.41. The number of thioether (sulfide) groups is 1. The van der Waals surface area contributed by atoms with Crippen LogP contribution in [-0.4, -0.2) is 22.3 Å². The van der Waals surface area contributed by atoms with Gasteiger partial charge in [-0.3, -0.25) is 4.79 Å². The molecule has 3 nitrogen and oxygen atoms in total. The molecule has 2 rings (SSSR count). The van der Waals surface area contributed by atoms with Crippen molar-refractivity contribution in [1.82, 2.24) is 0 Å². The summed E-state index contributed by atoms with van der Waals surface area (Å²) < 4.78 is 0.552. The summed E-state index contributed by atoms with van der Waals surface area (Å²) in [6.07, 6.45) is 0.954. The summed E-state index contributed by atoms with van der Waals surface area (Å²) in [5.74, 6) is 0.127. The Morgan fingerprint density at radius 2 is 1.90 bits per heavy atom. The molecular formula is C16H19NO2S2. The lowest BCUT2D eigenvalue weighted by Crippen LogP contribution is -2.27. The van der Waals surface area contributed by atoms with E-state index in [0.717, 1.165) is 5.69 Å². The summed E-state index contributed by atoms with van der Waals surface area (Å²) in [6.45, 7) is 3.97. The van der Waals surface area contributed by atoms with Crippen LogP contribution >= 0.6 is 24.0 Å². The first-order chi connectivity index (χ1) is 9.80. The monoisotopic (exact) mass is 321 g/mol. The quantitative estimate of drug-likeness (QED) is 0.822. The molecular weight excluding hydrogens is 302 g/mol. The standard InChI is InChI=1S/C16H19NO2S2/c1-16(2)9-12(18)14(13(19)10-16)21-15(20)17(3)11-7-5-4-6-8-11/h4-8,18H,9-10H2,1-3H3. The van der Waals surface area contributed by atoms with E-state index in [9.17, 15) is 9.90 Å². The van der Waals surface area contributed by atoms with Crippen molar-refractivity contribution >= 4 is 39.8 Å². The molecule has 0 bridgehead atoms. The maximum absolute atomic E-state index is 12.2. The first kappa shape index (κ1) is 16.0. The van der Waals surface area contributed by atoms with Crippen LogP contribution < -0.4 is 4.90 Å². The zero-order chi connectivity index (χ0) is 15.6. The van der Waals surface area contributed by atoms with Gasteiger partial charge in [-0.2, -0.15) is 0 Å². The number of carbonyl (C=O) groups excluding carboxylic acids is 1. The number of carbonyl (C=O) groups is 1. The van der Waals surface area contributed by atoms with E-state index in [1.165, 1.54) is 11.8 Å². The van der Waals surface area contributed by atoms with Gasteiger partial charge in [0, 0.05) is 25.6 Å². The first-order valence-corrected chi connectivity index (χ1v) is 7.98. The lowest BCUT2D eigenvalue weighted by Gasteiger charge is -2.30. The number of ketones is 1. The maximum atomic E-state index is 12.2. The number of rotatable bonds is 2. The van der Waals surface area contributed by atoms with Crippen LogP contribution in [0.15, 0.2) is 41.0 Å². The van der Waals surface area contributed by atoms with Crippen LogP contribution in [-0.2, 0) is 4.79 Å². The highest BCUT2D eigenvalue weighted by molar-refractivity contribution is 8.26. The van der Waals surface area contributed by atoms with Crippen LogP contribution in [0.3, 0.4) is 0 Å². The summed E-state index contributed by atoms with van der Waals surface area (Å²) >= 11 is 6.57. The molecule has 0 saturated carbocycles. The minimum atomic E-state index is -0.182. The van der Waals surface area contributed by atoms with Crippen molar-refractivity contribution in [3.05, 3.63) is 41.0 Å². The predicted octanol–water partition coefficient (Wildman–Crippen LogP) is 4.30. The molecule has 1 aromatic rings. The summed E-state index contributed by atoms with van der Waals surface area (Å²) in [5, 5.41) is 10.1. The number of hydrogen-bond donors (Lipinski definition) is 1. The first-order valence-electron chi connectivity index (χ1n) is 6.76. The summed E-state index contributed by atoms with van der Waals surface area (Å²) in [4.78, 5) is 14.4. The van der Waals surface area contributed by atoms with Crippen LogP contribution in [0.2, 0.25) is 0 Å². The summed E-state index contributed by atoms with van der Waals surface area (Å²) in [6, 6.07) is 9.71. The van der Waals surface area contributed by atoms with Crippen LogP contribution in [0, 0.1) is 5.41 Å². The number of anilines is 1. The lowest BCUT2D eigenvalue weighted by molar-refractivity contribution is -0.117. The van der Waals surface area contributed by atoms with Gasteiger partial charge in [-0.05, 0) is 17.5 Å². The minimum absolute atomic E-state index is 0.0300. The van der Waals surface area contributed by atoms with Crippen molar-refractivity contribution in [3.8, 4) is 0 Å². The molecule has 0 heterocycles. The van der Waals surface area contributed by atoms with Gasteiger partial charge in [0.15, 0.2) is 5.78 Å². The molecule has 0 spiro atoms. The molecule has 1 aromatic carbocycles. The Hall–Kier alpha value is -1.33. The number of nitrogens with zero attached hydrogens (tertiary/aromatic N) is 1. The molecule has 0 atom stereocenters. The highest BCUT2D eigenvalue weighted by Gasteiger charge is 2.34. The third-order valence-electron chi connectivity index (χ3n) is 3.41. The number of Topliss-reactive ketones (excluding diaryl/α,β-unsaturated/α-hetero) is 1. The van der Waals surface area contributed by atoms with Gasteiger partial charge < -0.3 is 10.0 Å². The second-order valence-electron chi connectivity index (χ2n) is 5.98. The molecule has 0 aromatic heterocycles. The molecule has 1 aliphatic carbocycles. The van der Waals surface area contributed by atoms with E-state index in [1.807, 2.05) is 56.1 Å². The van der Waals surface area contributed by atoms with Crippen molar-refractivity contribution in [2.75, 3.05) is 11.9 Å². The Labute approximate surface area is 135 Å². The van der Waals surface area contributed by atoms with Gasteiger partial charge >= 0.3 is 0 Å². The van der Waals surface area contributed by atoms with Gasteiger partial charge in [-0.1, -0.05) is 56.0 Å². The van der Waals surface area contributed by atoms with E-state index in [4.69, 9.17) is 12.2 Å². The Kier molecular flexibility index (Phi) is 4.74. The minimum Gasteiger partial charge on any atom is -0.511 e. The van der Waals surface area contributed by atoms with Gasteiger partial charge in [-0.25, -0.2) is 0 Å². The fourth-order valence-corrected chi connectivity index (χ4v) is 3.45. The lowest BCUT2D eigenvalue weighted by atomic mass is 9.79. The number of para-hydroxylation sites is 1. The normalized spacial score (nSPS) is 17.8. The molecule has 1 N–H and O–H groups in total. The second-order valence-corrected chi connectivity index (χ2v) is 7.62. The van der Waals surface area contributed by atoms with Crippen molar-refractivity contribution in [2.45, 2.75) is 26.7 Å². The molecule has 0 amide bonds. The second kappa shape index (κ2) is 6.20. The number of aliphatic hydroxyl groups excluding tert-OH is 1. The van der Waals surface area contributed by atoms with Crippen LogP contribution in [0.25, 0.3) is 0 Å². The number of benzene rings is 1. The highest BCUT2D eigenvalue weighted by Crippen LogP contribution is 2.40. The van der Waals surface area contributed by atoms with E-state index in [0.29, 0.717) is 22.1 Å². The van der Waals surface area contributed by atoms with Crippen molar-refractivity contribution in [2.24, 2.45) is 5.41 Å². The van der Waals surface area contributed by atoms with E-state index < -0.39 is 0 Å². The van der Waals surface area contributed by atoms with Gasteiger partial charge in [-0.15, -0.1) is 0 Å². The van der Waals surface area contributed by atoms with Crippen LogP contribution in [0.5, 0.6) is 0 Å². The average molecular weight is 321 g/mol. The van der Waals surface area contributed by atoms with E-state index in [1.54, 1.807) is 0 Å². The fourth-order valence-electron chi connectivity index (χ4n) is 2.30. The molecule has 5 heteroatoms. The van der Waals surface area contributed by atoms with Gasteiger partial charge in [0.05, 0.1) is 4.91 Å². The molecule has 0 unspecified atom stereocenters. The third kappa shape index (κ3) is 3.86. The number of hydrogen-bond acceptors (Lipinski definition) is 4. The Balaban J connectivity index is 2.14. The molecule has 0 fully saturated rings. The largest absolute Gasteiger partial charge is 0.511 e. The number of aliphatic hydroxyl groups is 1. The van der Waals surface area contributed by atoms with Crippen molar-refractivity contribution in [3.63, 3.8) is 0 Å². The van der Waals surface area contributed by atoms with Crippen LogP contribution in [0.4, 0.5) is 5.69 Å². The van der Waals surface area contributed by atoms with E-state index >= 15 is 0 Å². The smallest absolute Gasteiger partial charge is 0.173 e. The maximum Gasteiger partial charge on any atom is 0.173 e. The molecule has 0 aliphatic heterocycles. The van der Waals surface area contributed by atoms with E-state index in [-0.39, 0.29) is 17.0 Å². The summed E-state index contributed by atoms with van der Waals surface area (Å²) in [7, 11) is 1.86. The molecule has 21 heavy (non-hydrogen) atoms. The van der Waals surface area contributed by atoms with Gasteiger partial charge in [0.1, 0.15) is 10.1 Å². The van der Waals surface area contributed by atoms with Gasteiger partial charge in [0.25, 0.3) is 0 Å². The highest BCUT2D eigenvalue weighted by atomic mass is 32.2. The Morgan fingerprint density at radius 1 is 1.29 bits per heavy atom. The Morgan fingerprint density at radius 3 is 2.48 bits per heavy atom. The SMILES string of the molecule is CN(C(=S)SC1=C(O)CC(C)(C)CC1=O)c1ccccc1. The molecule has 0 radical (unpaired) electrons. The zero-order valence-corrected chi connectivity index (χ0v) is 14.1. The molecule has 1 aliphatic rings. The van der Waals surface area contributed by atoms with Crippen molar-refractivity contribution < 1.29 is 9.90 Å². The van der Waals surface area contributed by atoms with Crippen LogP contribution in [0.1, 0.15) is 26.7 Å². The number of thiocarbonyl (C=S) groups is 1. The van der Waals surface area contributed by atoms with E-state index in [2.05, 4.69) is 0 Å². The molecule has 112 valence electrons. The number of allylic oxidation sites excluding steroid dienone is 2. The van der Waals surface area contributed by atoms with Crippen molar-refractivity contribution in [1.29, 1.82) is 0 Å². The molecule has 0 saturated heterocycles. The van der Waals surface area contributed by atoms with Gasteiger partial charge in [0.2, 0.25) is 0 Å².